The maximum absolute atomic E-state index is 13.3. The quantitative estimate of drug-likeness (QED) is 0.768. The molecule has 4 nitrogen and oxygen atoms in total. The summed E-state index contributed by atoms with van der Waals surface area (Å²) in [6.07, 6.45) is 5.81. The van der Waals surface area contributed by atoms with Gasteiger partial charge in [0.1, 0.15) is 5.69 Å². The first-order valence-electron chi connectivity index (χ1n) is 7.75. The minimum atomic E-state index is -0.387. The second-order valence-electron chi connectivity index (χ2n) is 6.82. The zero-order chi connectivity index (χ0) is 15.8. The molecule has 0 spiro atoms. The predicted molar refractivity (Wildman–Crippen MR) is 88.7 cm³/mol. The molecule has 0 radical (unpaired) electrons. The van der Waals surface area contributed by atoms with Crippen molar-refractivity contribution in [2.75, 3.05) is 14.1 Å². The molecule has 118 valence electrons. The third-order valence-electron chi connectivity index (χ3n) is 4.84. The Bertz CT molecular complexity index is 514. The number of nitrogens with zero attached hydrogens (tertiary/aromatic N) is 3. The van der Waals surface area contributed by atoms with Gasteiger partial charge in [-0.25, -0.2) is 0 Å². The molecule has 1 saturated carbocycles. The molecule has 1 aliphatic rings. The van der Waals surface area contributed by atoms with Crippen LogP contribution in [0.3, 0.4) is 0 Å². The van der Waals surface area contributed by atoms with Crippen molar-refractivity contribution >= 4 is 21.7 Å². The van der Waals surface area contributed by atoms with Crippen LogP contribution >= 0.6 is 15.9 Å². The fourth-order valence-electron chi connectivity index (χ4n) is 3.28. The van der Waals surface area contributed by atoms with Gasteiger partial charge in [0.25, 0.3) is 0 Å². The second kappa shape index (κ2) is 6.21. The highest BCUT2D eigenvalue weighted by atomic mass is 79.9. The van der Waals surface area contributed by atoms with E-state index in [2.05, 4.69) is 46.7 Å². The number of carbonyl (C=O) groups excluding carboxylic acids is 1. The van der Waals surface area contributed by atoms with Crippen molar-refractivity contribution in [1.82, 2.24) is 14.7 Å². The Hall–Kier alpha value is -0.680. The normalized spacial score (nSPS) is 26.6. The maximum Gasteiger partial charge on any atom is 0.202 e. The number of carbonyl (C=O) groups is 1. The summed E-state index contributed by atoms with van der Waals surface area (Å²) < 4.78 is 2.65. The first-order chi connectivity index (χ1) is 9.79. The van der Waals surface area contributed by atoms with Crippen LogP contribution in [0.2, 0.25) is 0 Å². The molecular formula is C16H26BrN3O. The number of aromatic nitrogens is 2. The standard InChI is InChI=1S/C16H26BrN3O/c1-11(2)20-14(13(17)10-18-20)15(21)16(19(4)5)8-6-12(3)7-9-16/h10-12H,6-9H2,1-5H3. The molecule has 0 saturated heterocycles. The maximum atomic E-state index is 13.3. The lowest BCUT2D eigenvalue weighted by molar-refractivity contribution is 0.0499. The number of Topliss-reactive ketones (excluding diaryl/α,β-unsaturated/α-hetero) is 1. The first-order valence-corrected chi connectivity index (χ1v) is 8.54. The van der Waals surface area contributed by atoms with Crippen molar-refractivity contribution in [3.63, 3.8) is 0 Å². The molecule has 21 heavy (non-hydrogen) atoms. The smallest absolute Gasteiger partial charge is 0.202 e. The summed E-state index contributed by atoms with van der Waals surface area (Å²) in [4.78, 5) is 15.5. The van der Waals surface area contributed by atoms with Gasteiger partial charge in [0.05, 0.1) is 16.2 Å². The van der Waals surface area contributed by atoms with Crippen LogP contribution in [0.5, 0.6) is 0 Å². The summed E-state index contributed by atoms with van der Waals surface area (Å²) in [6.45, 7) is 6.39. The van der Waals surface area contributed by atoms with Crippen molar-refractivity contribution in [3.05, 3.63) is 16.4 Å². The lowest BCUT2D eigenvalue weighted by Gasteiger charge is -2.43. The van der Waals surface area contributed by atoms with Crippen LogP contribution in [0, 0.1) is 5.92 Å². The number of rotatable bonds is 4. The van der Waals surface area contributed by atoms with E-state index in [0.29, 0.717) is 11.6 Å². The Morgan fingerprint density at radius 1 is 1.43 bits per heavy atom. The van der Waals surface area contributed by atoms with E-state index in [4.69, 9.17) is 0 Å². The molecule has 0 aromatic carbocycles. The van der Waals surface area contributed by atoms with Crippen molar-refractivity contribution in [2.24, 2.45) is 5.92 Å². The number of hydrogen-bond donors (Lipinski definition) is 0. The van der Waals surface area contributed by atoms with Gasteiger partial charge in [-0.2, -0.15) is 5.10 Å². The SMILES string of the molecule is CC1CCC(C(=O)c2c(Br)cnn2C(C)C)(N(C)C)CC1. The van der Waals surface area contributed by atoms with Gasteiger partial charge >= 0.3 is 0 Å². The van der Waals surface area contributed by atoms with Gasteiger partial charge in [0, 0.05) is 6.04 Å². The van der Waals surface area contributed by atoms with E-state index < -0.39 is 0 Å². The third kappa shape index (κ3) is 2.95. The highest BCUT2D eigenvalue weighted by Crippen LogP contribution is 2.39. The Labute approximate surface area is 136 Å². The van der Waals surface area contributed by atoms with Crippen LogP contribution in [0.4, 0.5) is 0 Å². The van der Waals surface area contributed by atoms with Crippen molar-refractivity contribution in [3.8, 4) is 0 Å². The van der Waals surface area contributed by atoms with E-state index in [1.54, 1.807) is 6.20 Å². The first kappa shape index (κ1) is 16.7. The zero-order valence-electron chi connectivity index (χ0n) is 13.7. The van der Waals surface area contributed by atoms with Crippen LogP contribution in [0.15, 0.2) is 10.7 Å². The average molecular weight is 356 g/mol. The third-order valence-corrected chi connectivity index (χ3v) is 5.42. The van der Waals surface area contributed by atoms with E-state index in [-0.39, 0.29) is 17.4 Å². The van der Waals surface area contributed by atoms with E-state index in [0.717, 1.165) is 30.2 Å². The summed E-state index contributed by atoms with van der Waals surface area (Å²) in [5.41, 5.74) is 0.329. The van der Waals surface area contributed by atoms with Gasteiger partial charge in [-0.3, -0.25) is 14.4 Å². The molecule has 0 atom stereocenters. The van der Waals surface area contributed by atoms with E-state index in [1.165, 1.54) is 0 Å². The van der Waals surface area contributed by atoms with Gasteiger partial charge in [0.2, 0.25) is 5.78 Å². The molecule has 5 heteroatoms. The molecule has 0 aliphatic heterocycles. The van der Waals surface area contributed by atoms with Crippen LogP contribution in [-0.2, 0) is 0 Å². The van der Waals surface area contributed by atoms with Crippen molar-refractivity contribution in [1.29, 1.82) is 0 Å². The van der Waals surface area contributed by atoms with Gasteiger partial charge in [-0.15, -0.1) is 0 Å². The molecule has 1 aliphatic carbocycles. The predicted octanol–water partition coefficient (Wildman–Crippen LogP) is 3.92. The second-order valence-corrected chi connectivity index (χ2v) is 7.67. The van der Waals surface area contributed by atoms with E-state index in [1.807, 2.05) is 18.8 Å². The monoisotopic (exact) mass is 355 g/mol. The van der Waals surface area contributed by atoms with Gasteiger partial charge in [-0.05, 0) is 75.5 Å². The highest BCUT2D eigenvalue weighted by molar-refractivity contribution is 9.10. The van der Waals surface area contributed by atoms with Crippen molar-refractivity contribution < 1.29 is 4.79 Å². The van der Waals surface area contributed by atoms with E-state index >= 15 is 0 Å². The van der Waals surface area contributed by atoms with E-state index in [9.17, 15) is 4.79 Å². The summed E-state index contributed by atoms with van der Waals surface area (Å²) in [5.74, 6) is 0.918. The number of likely N-dealkylation sites (N-methyl/N-ethyl adjacent to an activating group) is 1. The molecule has 0 bridgehead atoms. The Morgan fingerprint density at radius 3 is 2.48 bits per heavy atom. The van der Waals surface area contributed by atoms with Crippen LogP contribution in [-0.4, -0.2) is 40.1 Å². The average Bonchev–Trinajstić information content (AvgIpc) is 2.80. The number of hydrogen-bond acceptors (Lipinski definition) is 3. The molecule has 1 aromatic heterocycles. The lowest BCUT2D eigenvalue weighted by Crippen LogP contribution is -2.53. The Kier molecular flexibility index (Phi) is 4.93. The molecule has 2 rings (SSSR count). The molecule has 0 unspecified atom stereocenters. The molecule has 0 amide bonds. The largest absolute Gasteiger partial charge is 0.297 e. The lowest BCUT2D eigenvalue weighted by atomic mass is 9.73. The molecule has 1 heterocycles. The van der Waals surface area contributed by atoms with Gasteiger partial charge < -0.3 is 0 Å². The minimum absolute atomic E-state index is 0.178. The van der Waals surface area contributed by atoms with Gasteiger partial charge in [-0.1, -0.05) is 6.92 Å². The fourth-order valence-corrected chi connectivity index (χ4v) is 3.74. The topological polar surface area (TPSA) is 38.1 Å². The number of halogens is 1. The Balaban J connectivity index is 2.43. The highest BCUT2D eigenvalue weighted by Gasteiger charge is 2.45. The van der Waals surface area contributed by atoms with Crippen LogP contribution in [0.25, 0.3) is 0 Å². The summed E-state index contributed by atoms with van der Waals surface area (Å²) >= 11 is 3.52. The molecule has 1 fully saturated rings. The zero-order valence-corrected chi connectivity index (χ0v) is 15.3. The summed E-state index contributed by atoms with van der Waals surface area (Å²) in [7, 11) is 4.05. The molecular weight excluding hydrogens is 330 g/mol. The number of ketones is 1. The molecule has 1 aromatic rings. The van der Waals surface area contributed by atoms with Crippen molar-refractivity contribution in [2.45, 2.75) is 58.0 Å². The molecule has 0 N–H and O–H groups in total. The summed E-state index contributed by atoms with van der Waals surface area (Å²) in [5, 5.41) is 4.37. The summed E-state index contributed by atoms with van der Waals surface area (Å²) in [6, 6.07) is 0.178. The fraction of sp³-hybridized carbons (Fsp3) is 0.750. The minimum Gasteiger partial charge on any atom is -0.297 e. The van der Waals surface area contributed by atoms with Gasteiger partial charge in [0.15, 0.2) is 0 Å². The van der Waals surface area contributed by atoms with Crippen LogP contribution < -0.4 is 0 Å². The Morgan fingerprint density at radius 2 is 2.00 bits per heavy atom. The van der Waals surface area contributed by atoms with Crippen LogP contribution in [0.1, 0.15) is 63.0 Å².